The minimum atomic E-state index is -5.07. The number of alkyl halides is 6. The highest BCUT2D eigenvalue weighted by atomic mass is 32.2. The topological polar surface area (TPSA) is 58.1 Å². The lowest BCUT2D eigenvalue weighted by Gasteiger charge is -2.16. The monoisotopic (exact) mass is 522 g/mol. The molecular weight excluding hydrogens is 509 g/mol. The fourth-order valence-corrected chi connectivity index (χ4v) is 4.96. The molecule has 1 aromatic carbocycles. The molecule has 2 aromatic heterocycles. The van der Waals surface area contributed by atoms with Gasteiger partial charge in [-0.05, 0) is 35.6 Å². The highest BCUT2D eigenvalue weighted by Gasteiger charge is 2.44. The van der Waals surface area contributed by atoms with Crippen LogP contribution in [0.3, 0.4) is 0 Å². The van der Waals surface area contributed by atoms with Crippen LogP contribution in [0.5, 0.6) is 0 Å². The summed E-state index contributed by atoms with van der Waals surface area (Å²) in [5.41, 5.74) is -1.25. The molecule has 3 aromatic rings. The summed E-state index contributed by atoms with van der Waals surface area (Å²) in [5, 5.41) is 4.17. The van der Waals surface area contributed by atoms with Crippen molar-refractivity contribution >= 4 is 40.6 Å². The Hall–Kier alpha value is -2.87. The van der Waals surface area contributed by atoms with Crippen LogP contribution in [0, 0.1) is 5.82 Å². The Morgan fingerprint density at radius 1 is 1.12 bits per heavy atom. The zero-order valence-corrected chi connectivity index (χ0v) is 18.6. The number of benzene rings is 1. The van der Waals surface area contributed by atoms with Crippen LogP contribution in [-0.4, -0.2) is 33.2 Å². The van der Waals surface area contributed by atoms with Crippen molar-refractivity contribution in [3.8, 4) is 10.6 Å². The number of halogens is 7. The molecule has 0 bridgehead atoms. The van der Waals surface area contributed by atoms with E-state index in [0.717, 1.165) is 22.3 Å². The number of nitrogens with zero attached hydrogens (tertiary/aromatic N) is 3. The van der Waals surface area contributed by atoms with Crippen LogP contribution in [0.25, 0.3) is 10.6 Å². The number of aromatic nitrogens is 2. The minimum Gasteiger partial charge on any atom is -0.326 e. The van der Waals surface area contributed by atoms with E-state index >= 15 is 0 Å². The number of thiophene rings is 1. The van der Waals surface area contributed by atoms with Crippen molar-refractivity contribution in [2.45, 2.75) is 30.3 Å². The maximum atomic E-state index is 14.6. The number of hydrogen-bond acceptors (Lipinski definition) is 6. The number of hydrogen-bond donors (Lipinski definition) is 1. The third-order valence-corrected chi connectivity index (χ3v) is 6.72. The standard InChI is InChI=1S/C20H13F7N4OS2/c1-33-11-4-15(34-8-11)16-12(19(22,23)24)5-28-18(30-16)29-14-3-10-7-31(17(32)20(25,26)27)6-9(10)2-13(14)21/h2-5,8H,6-7H2,1H3,(H,28,29,30). The van der Waals surface area contributed by atoms with Gasteiger partial charge in [0.05, 0.1) is 16.3 Å². The summed E-state index contributed by atoms with van der Waals surface area (Å²) in [4.78, 5) is 20.6. The molecule has 1 N–H and O–H groups in total. The van der Waals surface area contributed by atoms with E-state index in [1.54, 1.807) is 17.7 Å². The van der Waals surface area contributed by atoms with Crippen molar-refractivity contribution in [3.63, 3.8) is 0 Å². The van der Waals surface area contributed by atoms with Crippen molar-refractivity contribution in [1.82, 2.24) is 14.9 Å². The second-order valence-corrected chi connectivity index (χ2v) is 8.98. The maximum absolute atomic E-state index is 14.6. The number of nitrogens with one attached hydrogen (secondary N) is 1. The fraction of sp³-hybridized carbons (Fsp3) is 0.250. The first-order valence-electron chi connectivity index (χ1n) is 9.38. The lowest BCUT2D eigenvalue weighted by Crippen LogP contribution is -2.37. The molecule has 180 valence electrons. The second-order valence-electron chi connectivity index (χ2n) is 7.19. The Kier molecular flexibility index (Phi) is 6.23. The SMILES string of the molecule is CSc1csc(-c2nc(Nc3cc4c(cc3F)CN(C(=O)C(F)(F)F)C4)ncc2C(F)(F)F)c1. The van der Waals surface area contributed by atoms with Crippen molar-refractivity contribution in [3.05, 3.63) is 52.3 Å². The molecule has 0 saturated heterocycles. The number of carbonyl (C=O) groups excluding carboxylic acids is 1. The largest absolute Gasteiger partial charge is 0.471 e. The summed E-state index contributed by atoms with van der Waals surface area (Å²) >= 11 is 2.40. The predicted molar refractivity (Wildman–Crippen MR) is 112 cm³/mol. The van der Waals surface area contributed by atoms with Crippen LogP contribution in [0.15, 0.2) is 34.7 Å². The van der Waals surface area contributed by atoms with E-state index in [0.29, 0.717) is 11.1 Å². The van der Waals surface area contributed by atoms with Gasteiger partial charge in [-0.1, -0.05) is 0 Å². The Morgan fingerprint density at radius 2 is 1.79 bits per heavy atom. The van der Waals surface area contributed by atoms with E-state index in [9.17, 15) is 35.5 Å². The zero-order chi connectivity index (χ0) is 24.8. The first-order chi connectivity index (χ1) is 15.9. The van der Waals surface area contributed by atoms with Gasteiger partial charge in [-0.2, -0.15) is 26.3 Å². The lowest BCUT2D eigenvalue weighted by atomic mass is 10.1. The molecule has 3 heterocycles. The molecule has 0 spiro atoms. The number of fused-ring (bicyclic) bond motifs is 1. The number of carbonyl (C=O) groups is 1. The van der Waals surface area contributed by atoms with Gasteiger partial charge >= 0.3 is 18.3 Å². The van der Waals surface area contributed by atoms with Crippen LogP contribution in [0.1, 0.15) is 16.7 Å². The van der Waals surface area contributed by atoms with Gasteiger partial charge in [0, 0.05) is 29.6 Å². The maximum Gasteiger partial charge on any atom is 0.471 e. The summed E-state index contributed by atoms with van der Waals surface area (Å²) in [6.07, 6.45) is -7.45. The minimum absolute atomic E-state index is 0.192. The molecule has 14 heteroatoms. The molecule has 1 aliphatic heterocycles. The van der Waals surface area contributed by atoms with Crippen LogP contribution < -0.4 is 5.32 Å². The highest BCUT2D eigenvalue weighted by Crippen LogP contribution is 2.40. The molecule has 4 rings (SSSR count). The molecule has 0 fully saturated rings. The summed E-state index contributed by atoms with van der Waals surface area (Å²) in [6, 6.07) is 3.70. The average Bonchev–Trinajstić information content (AvgIpc) is 3.38. The molecule has 1 amide bonds. The van der Waals surface area contributed by atoms with Crippen LogP contribution in [0.4, 0.5) is 42.4 Å². The normalized spacial score (nSPS) is 13.8. The van der Waals surface area contributed by atoms with Crippen molar-refractivity contribution in [2.75, 3.05) is 11.6 Å². The molecule has 0 aliphatic carbocycles. The first kappa shape index (κ1) is 24.3. The number of thioether (sulfide) groups is 1. The molecule has 0 radical (unpaired) electrons. The molecular formula is C20H13F7N4OS2. The van der Waals surface area contributed by atoms with E-state index in [-0.39, 0.29) is 33.3 Å². The zero-order valence-electron chi connectivity index (χ0n) is 17.0. The molecule has 34 heavy (non-hydrogen) atoms. The van der Waals surface area contributed by atoms with E-state index in [1.807, 2.05) is 0 Å². The Balaban J connectivity index is 1.65. The predicted octanol–water partition coefficient (Wildman–Crippen LogP) is 6.23. The molecule has 5 nitrogen and oxygen atoms in total. The van der Waals surface area contributed by atoms with E-state index in [2.05, 4.69) is 15.3 Å². The van der Waals surface area contributed by atoms with Gasteiger partial charge in [0.15, 0.2) is 0 Å². The van der Waals surface area contributed by atoms with Crippen molar-refractivity contribution in [1.29, 1.82) is 0 Å². The Labute approximate surface area is 196 Å². The summed E-state index contributed by atoms with van der Waals surface area (Å²) < 4.78 is 93.3. The third kappa shape index (κ3) is 4.82. The van der Waals surface area contributed by atoms with E-state index in [1.165, 1.54) is 17.8 Å². The molecule has 1 aliphatic rings. The fourth-order valence-electron chi connectivity index (χ4n) is 3.35. The van der Waals surface area contributed by atoms with Gasteiger partial charge in [-0.3, -0.25) is 4.79 Å². The number of rotatable bonds is 4. The molecule has 0 atom stereocenters. The smallest absolute Gasteiger partial charge is 0.326 e. The quantitative estimate of drug-likeness (QED) is 0.325. The second kappa shape index (κ2) is 8.73. The average molecular weight is 522 g/mol. The summed E-state index contributed by atoms with van der Waals surface area (Å²) in [6.45, 7) is -0.809. The highest BCUT2D eigenvalue weighted by molar-refractivity contribution is 7.98. The number of anilines is 2. The Bertz CT molecular complexity index is 1260. The molecule has 0 unspecified atom stereocenters. The van der Waals surface area contributed by atoms with Gasteiger partial charge in [0.25, 0.3) is 0 Å². The first-order valence-corrected chi connectivity index (χ1v) is 11.5. The molecule has 0 saturated carbocycles. The van der Waals surface area contributed by atoms with Gasteiger partial charge in [-0.25, -0.2) is 14.4 Å². The van der Waals surface area contributed by atoms with Gasteiger partial charge in [0.1, 0.15) is 11.4 Å². The van der Waals surface area contributed by atoms with Crippen LogP contribution in [-0.2, 0) is 24.1 Å². The number of amides is 1. The Morgan fingerprint density at radius 3 is 2.38 bits per heavy atom. The van der Waals surface area contributed by atoms with Gasteiger partial charge in [-0.15, -0.1) is 23.1 Å². The van der Waals surface area contributed by atoms with Gasteiger partial charge < -0.3 is 10.2 Å². The van der Waals surface area contributed by atoms with E-state index in [4.69, 9.17) is 0 Å². The van der Waals surface area contributed by atoms with Crippen LogP contribution in [0.2, 0.25) is 0 Å². The summed E-state index contributed by atoms with van der Waals surface area (Å²) in [5.74, 6) is -3.26. The summed E-state index contributed by atoms with van der Waals surface area (Å²) in [7, 11) is 0. The van der Waals surface area contributed by atoms with Crippen molar-refractivity contribution < 1.29 is 35.5 Å². The van der Waals surface area contributed by atoms with Crippen LogP contribution >= 0.6 is 23.1 Å². The van der Waals surface area contributed by atoms with Crippen molar-refractivity contribution in [2.24, 2.45) is 0 Å². The lowest BCUT2D eigenvalue weighted by molar-refractivity contribution is -0.186. The van der Waals surface area contributed by atoms with E-state index < -0.39 is 42.7 Å². The van der Waals surface area contributed by atoms with Gasteiger partial charge in [0.2, 0.25) is 5.95 Å². The third-order valence-electron chi connectivity index (χ3n) is 4.93.